The molecule has 0 bridgehead atoms. The van der Waals surface area contributed by atoms with Crippen LogP contribution in [0.3, 0.4) is 0 Å². The predicted molar refractivity (Wildman–Crippen MR) is 95.8 cm³/mol. The van der Waals surface area contributed by atoms with Gasteiger partial charge in [-0.1, -0.05) is 17.7 Å². The molecule has 1 heterocycles. The summed E-state index contributed by atoms with van der Waals surface area (Å²) in [5, 5.41) is 0.0485. The van der Waals surface area contributed by atoms with Crippen LogP contribution in [0.25, 0.3) is 0 Å². The fraction of sp³-hybridized carbons (Fsp3) is 0.250. The molecule has 1 aromatic carbocycles. The van der Waals surface area contributed by atoms with Gasteiger partial charge in [-0.2, -0.15) is 4.98 Å². The Balaban J connectivity index is 2.43. The zero-order valence-corrected chi connectivity index (χ0v) is 15.8. The normalized spacial score (nSPS) is 11.4. The zero-order chi connectivity index (χ0) is 18.8. The molecule has 1 amide bonds. The van der Waals surface area contributed by atoms with Gasteiger partial charge >= 0.3 is 0 Å². The summed E-state index contributed by atoms with van der Waals surface area (Å²) in [6.07, 6.45) is 0. The molecule has 25 heavy (non-hydrogen) atoms. The highest BCUT2D eigenvalue weighted by atomic mass is 35.5. The van der Waals surface area contributed by atoms with Crippen LogP contribution >= 0.6 is 11.6 Å². The molecule has 0 unspecified atom stereocenters. The average Bonchev–Trinajstić information content (AvgIpc) is 2.60. The number of ether oxygens (including phenoxy) is 1. The second-order valence-electron chi connectivity index (χ2n) is 5.33. The van der Waals surface area contributed by atoms with Crippen LogP contribution in [0, 0.1) is 0 Å². The number of rotatable bonds is 5. The Labute approximate surface area is 151 Å². The van der Waals surface area contributed by atoms with Crippen LogP contribution in [-0.2, 0) is 10.0 Å². The summed E-state index contributed by atoms with van der Waals surface area (Å²) >= 11 is 6.01. The zero-order valence-electron chi connectivity index (χ0n) is 14.2. The third-order valence-corrected chi connectivity index (χ3v) is 5.80. The van der Waals surface area contributed by atoms with Crippen LogP contribution in [0.5, 0.6) is 5.88 Å². The minimum atomic E-state index is -3.77. The van der Waals surface area contributed by atoms with E-state index in [1.54, 1.807) is 25.2 Å². The summed E-state index contributed by atoms with van der Waals surface area (Å²) in [5.41, 5.74) is 0.178. The summed E-state index contributed by atoms with van der Waals surface area (Å²) in [5.74, 6) is 0.313. The molecule has 1 aromatic heterocycles. The van der Waals surface area contributed by atoms with Gasteiger partial charge in [0.1, 0.15) is 10.7 Å². The number of halogens is 1. The number of methoxy groups -OCH3 is 1. The van der Waals surface area contributed by atoms with Gasteiger partial charge in [0.2, 0.25) is 15.9 Å². The molecule has 0 spiro atoms. The van der Waals surface area contributed by atoms with Gasteiger partial charge in [-0.25, -0.2) is 12.7 Å². The lowest BCUT2D eigenvalue weighted by Gasteiger charge is -2.18. The highest BCUT2D eigenvalue weighted by Crippen LogP contribution is 2.26. The number of hydrogen-bond donors (Lipinski definition) is 0. The third kappa shape index (κ3) is 3.92. The molecular weight excluding hydrogens is 366 g/mol. The van der Waals surface area contributed by atoms with Crippen molar-refractivity contribution < 1.29 is 17.9 Å². The van der Waals surface area contributed by atoms with Gasteiger partial charge in [-0.15, -0.1) is 0 Å². The average molecular weight is 384 g/mol. The number of pyridine rings is 1. The van der Waals surface area contributed by atoms with Crippen molar-refractivity contribution in [2.24, 2.45) is 0 Å². The van der Waals surface area contributed by atoms with Crippen molar-refractivity contribution in [1.29, 1.82) is 0 Å². The van der Waals surface area contributed by atoms with Gasteiger partial charge in [0.15, 0.2) is 0 Å². The number of benzene rings is 1. The van der Waals surface area contributed by atoms with Gasteiger partial charge in [0.25, 0.3) is 5.91 Å². The Morgan fingerprint density at radius 2 is 1.84 bits per heavy atom. The minimum Gasteiger partial charge on any atom is -0.481 e. The van der Waals surface area contributed by atoms with Gasteiger partial charge < -0.3 is 4.74 Å². The van der Waals surface area contributed by atoms with E-state index in [0.29, 0.717) is 11.7 Å². The van der Waals surface area contributed by atoms with Crippen LogP contribution < -0.4 is 9.64 Å². The van der Waals surface area contributed by atoms with Crippen LogP contribution in [0.15, 0.2) is 41.3 Å². The van der Waals surface area contributed by atoms with E-state index in [4.69, 9.17) is 16.3 Å². The molecule has 2 aromatic rings. The maximum absolute atomic E-state index is 12.7. The van der Waals surface area contributed by atoms with E-state index in [2.05, 4.69) is 4.98 Å². The summed E-state index contributed by atoms with van der Waals surface area (Å²) in [6.45, 7) is 0. The maximum atomic E-state index is 12.7. The number of nitrogens with zero attached hydrogens (tertiary/aromatic N) is 3. The van der Waals surface area contributed by atoms with E-state index in [1.807, 2.05) is 0 Å². The number of anilines is 1. The van der Waals surface area contributed by atoms with Gasteiger partial charge in [0, 0.05) is 32.8 Å². The molecule has 0 fully saturated rings. The molecular formula is C16H18ClN3O4S. The quantitative estimate of drug-likeness (QED) is 0.791. The Morgan fingerprint density at radius 3 is 2.44 bits per heavy atom. The molecule has 0 aliphatic rings. The monoisotopic (exact) mass is 383 g/mol. The molecule has 0 saturated carbocycles. The first-order valence-electron chi connectivity index (χ1n) is 7.19. The van der Waals surface area contributed by atoms with E-state index < -0.39 is 15.9 Å². The van der Waals surface area contributed by atoms with Crippen molar-refractivity contribution in [3.63, 3.8) is 0 Å². The lowest BCUT2D eigenvalue weighted by atomic mass is 10.2. The minimum absolute atomic E-state index is 0.0485. The highest BCUT2D eigenvalue weighted by molar-refractivity contribution is 7.89. The molecule has 134 valence electrons. The number of amides is 1. The summed E-state index contributed by atoms with van der Waals surface area (Å²) in [6, 6.07) is 9.12. The smallest absolute Gasteiger partial charge is 0.259 e. The second-order valence-corrected chi connectivity index (χ2v) is 7.86. The number of sulfonamides is 1. The topological polar surface area (TPSA) is 79.8 Å². The number of hydrogen-bond acceptors (Lipinski definition) is 5. The van der Waals surface area contributed by atoms with Crippen molar-refractivity contribution in [2.75, 3.05) is 33.2 Å². The molecule has 0 saturated heterocycles. The third-order valence-electron chi connectivity index (χ3n) is 3.50. The first-order chi connectivity index (χ1) is 11.7. The van der Waals surface area contributed by atoms with E-state index in [9.17, 15) is 13.2 Å². The first-order valence-corrected chi connectivity index (χ1v) is 9.01. The first kappa shape index (κ1) is 19.2. The fourth-order valence-electron chi connectivity index (χ4n) is 2.03. The van der Waals surface area contributed by atoms with E-state index in [-0.39, 0.29) is 15.5 Å². The molecule has 0 radical (unpaired) electrons. The van der Waals surface area contributed by atoms with Crippen LogP contribution in [0.2, 0.25) is 5.02 Å². The van der Waals surface area contributed by atoms with Crippen molar-refractivity contribution in [1.82, 2.24) is 9.29 Å². The Morgan fingerprint density at radius 1 is 1.16 bits per heavy atom. The van der Waals surface area contributed by atoms with Crippen molar-refractivity contribution >= 4 is 33.3 Å². The van der Waals surface area contributed by atoms with Crippen molar-refractivity contribution in [3.8, 4) is 5.88 Å². The maximum Gasteiger partial charge on any atom is 0.259 e. The van der Waals surface area contributed by atoms with Gasteiger partial charge in [-0.05, 0) is 24.3 Å². The molecule has 7 nitrogen and oxygen atoms in total. The van der Waals surface area contributed by atoms with E-state index >= 15 is 0 Å². The van der Waals surface area contributed by atoms with E-state index in [1.165, 1.54) is 44.3 Å². The second kappa shape index (κ2) is 7.38. The summed E-state index contributed by atoms with van der Waals surface area (Å²) in [7, 11) is 2.04. The van der Waals surface area contributed by atoms with Crippen molar-refractivity contribution in [3.05, 3.63) is 47.0 Å². The Bertz CT molecular complexity index is 900. The standard InChI is InChI=1S/C16H18ClN3O4S/c1-19(2)25(22,23)13-10-11(8-9-12(13)17)16(21)20(3)14-6-5-7-15(18-14)24-4/h5-10H,1-4H3. The largest absolute Gasteiger partial charge is 0.481 e. The Hall–Kier alpha value is -2.16. The summed E-state index contributed by atoms with van der Waals surface area (Å²) in [4.78, 5) is 18.1. The number of carbonyl (C=O) groups is 1. The van der Waals surface area contributed by atoms with Crippen LogP contribution in [0.1, 0.15) is 10.4 Å². The Kier molecular flexibility index (Phi) is 5.66. The molecule has 0 aliphatic heterocycles. The molecule has 9 heteroatoms. The molecule has 2 rings (SSSR count). The molecule has 0 aliphatic carbocycles. The summed E-state index contributed by atoms with van der Waals surface area (Å²) < 4.78 is 30.8. The predicted octanol–water partition coefficient (Wildman–Crippen LogP) is 2.27. The molecule has 0 atom stereocenters. The SMILES string of the molecule is COc1cccc(N(C)C(=O)c2ccc(Cl)c(S(=O)(=O)N(C)C)c2)n1. The lowest BCUT2D eigenvalue weighted by molar-refractivity contribution is 0.0992. The number of aromatic nitrogens is 1. The van der Waals surface area contributed by atoms with Gasteiger partial charge in [0.05, 0.1) is 12.1 Å². The fourth-order valence-corrected chi connectivity index (χ4v) is 3.43. The van der Waals surface area contributed by atoms with Crippen LogP contribution in [-0.4, -0.2) is 51.9 Å². The van der Waals surface area contributed by atoms with Crippen molar-refractivity contribution in [2.45, 2.75) is 4.90 Å². The molecule has 0 N–H and O–H groups in total. The lowest BCUT2D eigenvalue weighted by Crippen LogP contribution is -2.28. The van der Waals surface area contributed by atoms with Gasteiger partial charge in [-0.3, -0.25) is 9.69 Å². The number of carbonyl (C=O) groups excluding carboxylic acids is 1. The van der Waals surface area contributed by atoms with Crippen LogP contribution in [0.4, 0.5) is 5.82 Å². The highest BCUT2D eigenvalue weighted by Gasteiger charge is 2.24. The van der Waals surface area contributed by atoms with E-state index in [0.717, 1.165) is 4.31 Å².